The summed E-state index contributed by atoms with van der Waals surface area (Å²) in [7, 11) is 2.86. The van der Waals surface area contributed by atoms with E-state index < -0.39 is 51.7 Å². The average Bonchev–Trinajstić information content (AvgIpc) is 3.16. The number of alkyl halides is 3. The largest absolute Gasteiger partial charge is 0.493 e. The Labute approximate surface area is 227 Å². The van der Waals surface area contributed by atoms with Crippen LogP contribution < -0.4 is 31.4 Å². The Morgan fingerprint density at radius 3 is 2.36 bits per heavy atom. The number of rotatable bonds is 7. The number of aromatic nitrogens is 2. The van der Waals surface area contributed by atoms with E-state index in [-0.39, 0.29) is 23.0 Å². The summed E-state index contributed by atoms with van der Waals surface area (Å²) in [5.74, 6) is -3.07. The average molecular weight is 587 g/mol. The van der Waals surface area contributed by atoms with Crippen LogP contribution in [0.3, 0.4) is 0 Å². The van der Waals surface area contributed by atoms with Crippen LogP contribution in [0.4, 0.5) is 19.0 Å². The van der Waals surface area contributed by atoms with E-state index in [0.717, 1.165) is 16.7 Å². The number of amides is 2. The van der Waals surface area contributed by atoms with Crippen molar-refractivity contribution in [2.75, 3.05) is 19.5 Å². The third-order valence-electron chi connectivity index (χ3n) is 6.12. The highest BCUT2D eigenvalue weighted by Gasteiger charge is 2.68. The van der Waals surface area contributed by atoms with E-state index in [1.165, 1.54) is 20.3 Å². The number of methoxy groups -OCH3 is 2. The van der Waals surface area contributed by atoms with Crippen LogP contribution in [0.5, 0.6) is 11.5 Å². The molecule has 0 saturated carbocycles. The summed E-state index contributed by atoms with van der Waals surface area (Å²) in [6.07, 6.45) is -5.42. The molecule has 39 heavy (non-hydrogen) atoms. The zero-order chi connectivity index (χ0) is 28.7. The summed E-state index contributed by atoms with van der Waals surface area (Å²) < 4.78 is 55.0. The van der Waals surface area contributed by atoms with Gasteiger partial charge in [-0.1, -0.05) is 29.3 Å². The number of benzene rings is 2. The molecule has 0 saturated heterocycles. The van der Waals surface area contributed by atoms with Crippen LogP contribution in [0.15, 0.2) is 46.0 Å². The van der Waals surface area contributed by atoms with Gasteiger partial charge >= 0.3 is 11.9 Å². The third kappa shape index (κ3) is 4.83. The summed E-state index contributed by atoms with van der Waals surface area (Å²) in [4.78, 5) is 53.1. The minimum Gasteiger partial charge on any atom is -0.493 e. The van der Waals surface area contributed by atoms with E-state index in [9.17, 15) is 32.3 Å². The fourth-order valence-electron chi connectivity index (χ4n) is 4.23. The Morgan fingerprint density at radius 2 is 1.74 bits per heavy atom. The molecule has 1 atom stereocenters. The van der Waals surface area contributed by atoms with Crippen LogP contribution in [0.25, 0.3) is 0 Å². The number of hydrogen-bond donors (Lipinski definition) is 3. The molecule has 3 N–H and O–H groups in total. The van der Waals surface area contributed by atoms with Crippen LogP contribution in [-0.2, 0) is 23.3 Å². The number of carbonyl (C=O) groups is 2. The number of H-pyrrole nitrogens is 1. The third-order valence-corrected chi connectivity index (χ3v) is 6.67. The zero-order valence-corrected chi connectivity index (χ0v) is 21.7. The Bertz CT molecular complexity index is 1600. The summed E-state index contributed by atoms with van der Waals surface area (Å²) in [6.45, 7) is -0.251. The molecule has 4 rings (SSSR count). The van der Waals surface area contributed by atoms with Gasteiger partial charge in [0.05, 0.1) is 24.8 Å². The SMILES string of the molecule is COc1ccc(CCn2c3c(c(=O)[nH]c2=O)[C@](NC(=O)c2ccc(Cl)cc2Cl)(C(F)(F)F)C(=O)N3)cc1OC. The predicted octanol–water partition coefficient (Wildman–Crippen LogP) is 3.24. The molecule has 0 spiro atoms. The van der Waals surface area contributed by atoms with E-state index >= 15 is 0 Å². The Balaban J connectivity index is 1.79. The van der Waals surface area contributed by atoms with Crippen molar-refractivity contribution in [3.63, 3.8) is 0 Å². The second kappa shape index (κ2) is 10.3. The molecule has 1 aromatic heterocycles. The van der Waals surface area contributed by atoms with Crippen molar-refractivity contribution in [2.24, 2.45) is 0 Å². The van der Waals surface area contributed by atoms with Crippen molar-refractivity contribution in [1.29, 1.82) is 0 Å². The summed E-state index contributed by atoms with van der Waals surface area (Å²) in [6, 6.07) is 8.25. The number of carbonyl (C=O) groups excluding carboxylic acids is 2. The second-order valence-electron chi connectivity index (χ2n) is 8.35. The summed E-state index contributed by atoms with van der Waals surface area (Å²) >= 11 is 11.8. The number of halogens is 5. The molecule has 1 aliphatic heterocycles. The van der Waals surface area contributed by atoms with Gasteiger partial charge < -0.3 is 20.1 Å². The molecule has 0 bridgehead atoms. The monoisotopic (exact) mass is 586 g/mol. The van der Waals surface area contributed by atoms with Crippen molar-refractivity contribution in [3.8, 4) is 11.5 Å². The highest BCUT2D eigenvalue weighted by atomic mass is 35.5. The second-order valence-corrected chi connectivity index (χ2v) is 9.20. The van der Waals surface area contributed by atoms with Gasteiger partial charge in [-0.3, -0.25) is 23.9 Å². The van der Waals surface area contributed by atoms with Crippen LogP contribution >= 0.6 is 23.2 Å². The lowest BCUT2D eigenvalue weighted by molar-refractivity contribution is -0.196. The molecule has 2 heterocycles. The molecule has 15 heteroatoms. The number of nitrogens with one attached hydrogen (secondary N) is 3. The van der Waals surface area contributed by atoms with Gasteiger partial charge in [0.25, 0.3) is 22.9 Å². The minimum atomic E-state index is -5.50. The fraction of sp³-hybridized carbons (Fsp3) is 0.250. The number of ether oxygens (including phenoxy) is 2. The number of aryl methyl sites for hydroxylation is 1. The maximum Gasteiger partial charge on any atom is 0.425 e. The standard InChI is InChI=1S/C24H19Cl2F3N4O6/c1-38-15-6-3-11(9-16(15)39-2)7-8-33-18-17(20(35)31-22(33)37)23(21(36)30-18,24(27,28)29)32-19(34)13-5-4-12(25)10-14(13)26/h3-6,9-10H,7-8H2,1-2H3,(H,30,36)(H,32,34)(H,31,35,37)/t23-/m1/s1. The van der Waals surface area contributed by atoms with Gasteiger partial charge in [0.2, 0.25) is 0 Å². The first-order valence-corrected chi connectivity index (χ1v) is 11.8. The lowest BCUT2D eigenvalue weighted by Gasteiger charge is -2.30. The van der Waals surface area contributed by atoms with Crippen molar-refractivity contribution in [2.45, 2.75) is 24.7 Å². The van der Waals surface area contributed by atoms with E-state index in [2.05, 4.69) is 0 Å². The first-order chi connectivity index (χ1) is 18.3. The van der Waals surface area contributed by atoms with Crippen LogP contribution in [0, 0.1) is 0 Å². The van der Waals surface area contributed by atoms with E-state index in [1.54, 1.807) is 23.5 Å². The highest BCUT2D eigenvalue weighted by Crippen LogP contribution is 2.45. The lowest BCUT2D eigenvalue weighted by atomic mass is 9.91. The van der Waals surface area contributed by atoms with Crippen molar-refractivity contribution >= 4 is 40.8 Å². The van der Waals surface area contributed by atoms with Crippen molar-refractivity contribution in [3.05, 3.63) is 84.0 Å². The van der Waals surface area contributed by atoms with E-state index in [4.69, 9.17) is 32.7 Å². The predicted molar refractivity (Wildman–Crippen MR) is 135 cm³/mol. The van der Waals surface area contributed by atoms with Crippen LogP contribution in [0.1, 0.15) is 21.5 Å². The van der Waals surface area contributed by atoms with Gasteiger partial charge in [0.1, 0.15) is 11.4 Å². The maximum atomic E-state index is 14.6. The molecule has 2 aromatic carbocycles. The zero-order valence-electron chi connectivity index (χ0n) is 20.2. The molecule has 0 aliphatic carbocycles. The smallest absolute Gasteiger partial charge is 0.425 e. The normalized spacial score (nSPS) is 16.4. The van der Waals surface area contributed by atoms with E-state index in [0.29, 0.717) is 17.1 Å². The fourth-order valence-corrected chi connectivity index (χ4v) is 4.72. The van der Waals surface area contributed by atoms with Gasteiger partial charge in [0.15, 0.2) is 11.5 Å². The molecule has 0 radical (unpaired) electrons. The number of anilines is 1. The molecule has 2 amide bonds. The summed E-state index contributed by atoms with van der Waals surface area (Å²) in [5, 5.41) is 3.43. The molecular weight excluding hydrogens is 568 g/mol. The summed E-state index contributed by atoms with van der Waals surface area (Å²) in [5.41, 5.74) is -7.40. The Hall–Kier alpha value is -3.97. The minimum absolute atomic E-state index is 0.0837. The number of nitrogens with zero attached hydrogens (tertiary/aromatic N) is 1. The highest BCUT2D eigenvalue weighted by molar-refractivity contribution is 6.36. The number of fused-ring (bicyclic) bond motifs is 1. The van der Waals surface area contributed by atoms with Crippen LogP contribution in [-0.4, -0.2) is 41.8 Å². The Morgan fingerprint density at radius 1 is 1.05 bits per heavy atom. The molecule has 10 nitrogen and oxygen atoms in total. The number of hydrogen-bond acceptors (Lipinski definition) is 6. The van der Waals surface area contributed by atoms with Crippen LogP contribution in [0.2, 0.25) is 10.0 Å². The van der Waals surface area contributed by atoms with E-state index in [1.807, 2.05) is 10.3 Å². The molecule has 0 fully saturated rings. The maximum absolute atomic E-state index is 14.6. The quantitative estimate of drug-likeness (QED) is 0.389. The molecule has 3 aromatic rings. The first kappa shape index (κ1) is 28.0. The van der Waals surface area contributed by atoms with Crippen molar-refractivity contribution in [1.82, 2.24) is 14.9 Å². The lowest BCUT2D eigenvalue weighted by Crippen LogP contribution is -2.62. The number of aromatic amines is 1. The van der Waals surface area contributed by atoms with Gasteiger partial charge in [0, 0.05) is 11.6 Å². The van der Waals surface area contributed by atoms with Gasteiger partial charge in [-0.2, -0.15) is 13.2 Å². The Kier molecular flexibility index (Phi) is 7.41. The van der Waals surface area contributed by atoms with Gasteiger partial charge in [-0.15, -0.1) is 0 Å². The van der Waals surface area contributed by atoms with Gasteiger partial charge in [-0.05, 0) is 42.3 Å². The van der Waals surface area contributed by atoms with Gasteiger partial charge in [-0.25, -0.2) is 4.79 Å². The first-order valence-electron chi connectivity index (χ1n) is 11.1. The van der Waals surface area contributed by atoms with Crippen molar-refractivity contribution < 1.29 is 32.2 Å². The molecule has 1 aliphatic rings. The molecule has 0 unspecified atom stereocenters. The topological polar surface area (TPSA) is 132 Å². The molecule has 206 valence electrons. The molecular formula is C24H19Cl2F3N4O6.